The summed E-state index contributed by atoms with van der Waals surface area (Å²) < 4.78 is 6.17. The minimum absolute atomic E-state index is 0.151. The molecule has 2 aliphatic heterocycles. The second-order valence-corrected chi connectivity index (χ2v) is 8.27. The Morgan fingerprint density at radius 3 is 2.70 bits per heavy atom. The van der Waals surface area contributed by atoms with Crippen molar-refractivity contribution >= 4 is 5.95 Å². The lowest BCUT2D eigenvalue weighted by atomic mass is 10.1. The largest absolute Gasteiger partial charge is 0.371 e. The number of nitrogens with one attached hydrogen (secondary N) is 1. The Bertz CT molecular complexity index is 1030. The molecule has 1 N–H and O–H groups in total. The number of morpholine rings is 1. The number of hydrogen-bond acceptors (Lipinski definition) is 6. The van der Waals surface area contributed by atoms with E-state index < -0.39 is 0 Å². The van der Waals surface area contributed by atoms with Crippen molar-refractivity contribution in [1.82, 2.24) is 19.9 Å². The fraction of sp³-hybridized carbons (Fsp3) is 0.375. The molecule has 2 saturated heterocycles. The van der Waals surface area contributed by atoms with Gasteiger partial charge in [0.1, 0.15) is 0 Å². The van der Waals surface area contributed by atoms with E-state index in [0.717, 1.165) is 48.8 Å². The number of anilines is 1. The van der Waals surface area contributed by atoms with Crippen LogP contribution in [0.5, 0.6) is 0 Å². The van der Waals surface area contributed by atoms with Crippen LogP contribution in [-0.4, -0.2) is 51.6 Å². The average Bonchev–Trinajstić information content (AvgIpc) is 3.16. The van der Waals surface area contributed by atoms with Gasteiger partial charge in [0.25, 0.3) is 0 Å². The molecule has 0 amide bonds. The third-order valence-electron chi connectivity index (χ3n) is 6.08. The Labute approximate surface area is 177 Å². The maximum atomic E-state index is 6.17. The number of benzene rings is 1. The van der Waals surface area contributed by atoms with Crippen LogP contribution < -0.4 is 5.32 Å². The van der Waals surface area contributed by atoms with Crippen LogP contribution in [0.4, 0.5) is 5.95 Å². The number of nitrogens with zero attached hydrogens (tertiary/aromatic N) is 4. The van der Waals surface area contributed by atoms with Crippen molar-refractivity contribution in [2.75, 3.05) is 25.0 Å². The van der Waals surface area contributed by atoms with Crippen molar-refractivity contribution < 1.29 is 4.74 Å². The van der Waals surface area contributed by atoms with Gasteiger partial charge >= 0.3 is 0 Å². The van der Waals surface area contributed by atoms with E-state index in [9.17, 15) is 0 Å². The second-order valence-electron chi connectivity index (χ2n) is 8.27. The van der Waals surface area contributed by atoms with Crippen LogP contribution in [-0.2, 0) is 4.74 Å². The summed E-state index contributed by atoms with van der Waals surface area (Å²) in [6, 6.07) is 17.3. The Balaban J connectivity index is 1.26. The minimum Gasteiger partial charge on any atom is -0.371 e. The van der Waals surface area contributed by atoms with Crippen LogP contribution in [0.15, 0.2) is 54.7 Å². The molecular weight excluding hydrogens is 374 g/mol. The number of rotatable bonds is 4. The zero-order valence-corrected chi connectivity index (χ0v) is 17.5. The minimum atomic E-state index is 0.151. The Kier molecular flexibility index (Phi) is 5.19. The molecule has 30 heavy (non-hydrogen) atoms. The van der Waals surface area contributed by atoms with Gasteiger partial charge in [-0.05, 0) is 44.0 Å². The van der Waals surface area contributed by atoms with Crippen molar-refractivity contribution in [3.63, 3.8) is 0 Å². The summed E-state index contributed by atoms with van der Waals surface area (Å²) >= 11 is 0. The van der Waals surface area contributed by atoms with Gasteiger partial charge in [-0.15, -0.1) is 0 Å². The summed E-state index contributed by atoms with van der Waals surface area (Å²) in [6.45, 7) is 6.71. The molecule has 154 valence electrons. The summed E-state index contributed by atoms with van der Waals surface area (Å²) in [5.74, 6) is 0.679. The van der Waals surface area contributed by atoms with Gasteiger partial charge in [0.2, 0.25) is 5.95 Å². The molecule has 6 nitrogen and oxygen atoms in total. The number of ether oxygens (including phenoxy) is 1. The van der Waals surface area contributed by atoms with E-state index in [1.807, 2.05) is 38.2 Å². The Morgan fingerprint density at radius 2 is 1.87 bits per heavy atom. The van der Waals surface area contributed by atoms with Crippen molar-refractivity contribution in [2.45, 2.75) is 38.5 Å². The van der Waals surface area contributed by atoms with Gasteiger partial charge in [0.15, 0.2) is 0 Å². The molecule has 0 spiro atoms. The van der Waals surface area contributed by atoms with E-state index in [4.69, 9.17) is 9.72 Å². The van der Waals surface area contributed by atoms with Crippen molar-refractivity contribution in [1.29, 1.82) is 0 Å². The highest BCUT2D eigenvalue weighted by atomic mass is 16.5. The lowest BCUT2D eigenvalue weighted by Gasteiger charge is -2.35. The van der Waals surface area contributed by atoms with Gasteiger partial charge < -0.3 is 10.1 Å². The summed E-state index contributed by atoms with van der Waals surface area (Å²) in [5.41, 5.74) is 5.21. The molecule has 4 heterocycles. The van der Waals surface area contributed by atoms with Crippen LogP contribution in [0, 0.1) is 13.8 Å². The second kappa shape index (κ2) is 8.13. The van der Waals surface area contributed by atoms with Gasteiger partial charge in [-0.2, -0.15) is 0 Å². The highest BCUT2D eigenvalue weighted by molar-refractivity contribution is 5.62. The molecule has 2 aromatic heterocycles. The van der Waals surface area contributed by atoms with Crippen LogP contribution >= 0.6 is 0 Å². The summed E-state index contributed by atoms with van der Waals surface area (Å²) in [6.07, 6.45) is 3.01. The monoisotopic (exact) mass is 401 g/mol. The molecular formula is C24H27N5O. The standard InChI is InChI=1S/C24H27N5O/c1-16-8-9-21(17(2)26-16)22-10-11-25-24(28-22)27-19-12-20-15-30-23(14-29(20)13-19)18-6-4-3-5-7-18/h3-11,19-20,23H,12-15H2,1-2H3,(H,25,27,28)/t19-,20-,23+/m0/s1. The van der Waals surface area contributed by atoms with Gasteiger partial charge in [-0.25, -0.2) is 9.97 Å². The first-order chi connectivity index (χ1) is 14.7. The van der Waals surface area contributed by atoms with Crippen LogP contribution in [0.3, 0.4) is 0 Å². The number of aromatic nitrogens is 3. The normalized spacial score (nSPS) is 23.9. The van der Waals surface area contributed by atoms with Crippen molar-refractivity contribution in [3.8, 4) is 11.3 Å². The summed E-state index contributed by atoms with van der Waals surface area (Å²) in [7, 11) is 0. The van der Waals surface area contributed by atoms with Crippen molar-refractivity contribution in [3.05, 3.63) is 71.7 Å². The van der Waals surface area contributed by atoms with E-state index in [2.05, 4.69) is 50.5 Å². The zero-order chi connectivity index (χ0) is 20.5. The average molecular weight is 402 g/mol. The Morgan fingerprint density at radius 1 is 1.00 bits per heavy atom. The van der Waals surface area contributed by atoms with Crippen LogP contribution in [0.25, 0.3) is 11.3 Å². The van der Waals surface area contributed by atoms with E-state index in [1.54, 1.807) is 0 Å². The molecule has 0 saturated carbocycles. The fourth-order valence-electron chi connectivity index (χ4n) is 4.57. The maximum Gasteiger partial charge on any atom is 0.223 e. The lowest BCUT2D eigenvalue weighted by Crippen LogP contribution is -2.42. The maximum absolute atomic E-state index is 6.17. The number of fused-ring (bicyclic) bond motifs is 1. The zero-order valence-electron chi connectivity index (χ0n) is 17.5. The van der Waals surface area contributed by atoms with Gasteiger partial charge in [-0.3, -0.25) is 9.88 Å². The van der Waals surface area contributed by atoms with Gasteiger partial charge in [-0.1, -0.05) is 30.3 Å². The molecule has 2 aliphatic rings. The molecule has 6 heteroatoms. The molecule has 3 aromatic rings. The first kappa shape index (κ1) is 19.2. The Hall–Kier alpha value is -2.83. The highest BCUT2D eigenvalue weighted by Crippen LogP contribution is 2.31. The molecule has 0 radical (unpaired) electrons. The van der Waals surface area contributed by atoms with E-state index in [-0.39, 0.29) is 6.10 Å². The van der Waals surface area contributed by atoms with Gasteiger partial charge in [0.05, 0.1) is 18.4 Å². The topological polar surface area (TPSA) is 63.2 Å². The smallest absolute Gasteiger partial charge is 0.223 e. The summed E-state index contributed by atoms with van der Waals surface area (Å²) in [5, 5.41) is 3.55. The predicted octanol–water partition coefficient (Wildman–Crippen LogP) is 3.78. The van der Waals surface area contributed by atoms with Crippen LogP contribution in [0.1, 0.15) is 29.5 Å². The fourth-order valence-corrected chi connectivity index (χ4v) is 4.57. The number of aryl methyl sites for hydroxylation is 2. The summed E-state index contributed by atoms with van der Waals surface area (Å²) in [4.78, 5) is 16.3. The molecule has 2 fully saturated rings. The quantitative estimate of drug-likeness (QED) is 0.718. The SMILES string of the molecule is Cc1ccc(-c2ccnc(N[C@H]3C[C@H]4CO[C@@H](c5ccccc5)CN4C3)n2)c(C)n1. The van der Waals surface area contributed by atoms with E-state index in [0.29, 0.717) is 18.0 Å². The van der Waals surface area contributed by atoms with Crippen LogP contribution in [0.2, 0.25) is 0 Å². The molecule has 0 bridgehead atoms. The molecule has 5 rings (SSSR count). The lowest BCUT2D eigenvalue weighted by molar-refractivity contribution is -0.0501. The van der Waals surface area contributed by atoms with Crippen molar-refractivity contribution in [2.24, 2.45) is 0 Å². The number of pyridine rings is 1. The highest BCUT2D eigenvalue weighted by Gasteiger charge is 2.38. The third kappa shape index (κ3) is 3.93. The first-order valence-electron chi connectivity index (χ1n) is 10.6. The first-order valence-corrected chi connectivity index (χ1v) is 10.6. The third-order valence-corrected chi connectivity index (χ3v) is 6.08. The molecule has 3 atom stereocenters. The number of hydrogen-bond donors (Lipinski definition) is 1. The van der Waals surface area contributed by atoms with E-state index >= 15 is 0 Å². The van der Waals surface area contributed by atoms with E-state index in [1.165, 1.54) is 5.56 Å². The molecule has 0 aliphatic carbocycles. The predicted molar refractivity (Wildman–Crippen MR) is 117 cm³/mol. The molecule has 1 aromatic carbocycles. The van der Waals surface area contributed by atoms with Gasteiger partial charge in [0, 0.05) is 48.3 Å². The molecule has 0 unspecified atom stereocenters.